The molecule has 0 radical (unpaired) electrons. The van der Waals surface area contributed by atoms with Crippen molar-refractivity contribution in [3.8, 4) is 5.75 Å². The first kappa shape index (κ1) is 13.9. The predicted molar refractivity (Wildman–Crippen MR) is 72.3 cm³/mol. The number of ether oxygens (including phenoxy) is 1. The average Bonchev–Trinajstić information content (AvgIpc) is 2.38. The van der Waals surface area contributed by atoms with E-state index in [1.807, 2.05) is 4.90 Å². The van der Waals surface area contributed by atoms with Crippen molar-refractivity contribution in [2.45, 2.75) is 25.8 Å². The van der Waals surface area contributed by atoms with Gasteiger partial charge in [-0.15, -0.1) is 0 Å². The van der Waals surface area contributed by atoms with Crippen molar-refractivity contribution in [2.75, 3.05) is 18.6 Å². The maximum absolute atomic E-state index is 11.4. The smallest absolute Gasteiger partial charge is 0.222 e. The van der Waals surface area contributed by atoms with Crippen molar-refractivity contribution < 1.29 is 9.53 Å². The number of methoxy groups -OCH3 is 1. The van der Waals surface area contributed by atoms with Crippen LogP contribution in [0, 0.1) is 5.92 Å². The van der Waals surface area contributed by atoms with Gasteiger partial charge in [0.05, 0.1) is 13.0 Å². The number of piperidine rings is 1. The van der Waals surface area contributed by atoms with Gasteiger partial charge in [-0.25, -0.2) is 9.97 Å². The van der Waals surface area contributed by atoms with Crippen LogP contribution >= 0.6 is 11.6 Å². The standard InChI is InChI=1S/C12H17ClN4O2/c1-7-3-4-8(11(14)18)5-17(7)12-9(19-2)10(13)15-6-16-12/h6-8H,3-5H2,1-2H3,(H2,14,18). The molecule has 0 aliphatic carbocycles. The van der Waals surface area contributed by atoms with E-state index in [2.05, 4.69) is 16.9 Å². The van der Waals surface area contributed by atoms with Crippen molar-refractivity contribution in [1.29, 1.82) is 0 Å². The van der Waals surface area contributed by atoms with E-state index in [4.69, 9.17) is 22.1 Å². The molecule has 104 valence electrons. The number of anilines is 1. The summed E-state index contributed by atoms with van der Waals surface area (Å²) in [6, 6.07) is 0.246. The number of carbonyl (C=O) groups excluding carboxylic acids is 1. The molecular weight excluding hydrogens is 268 g/mol. The first-order valence-corrected chi connectivity index (χ1v) is 6.52. The van der Waals surface area contributed by atoms with E-state index >= 15 is 0 Å². The molecule has 2 rings (SSSR count). The number of carbonyl (C=O) groups is 1. The molecule has 1 amide bonds. The van der Waals surface area contributed by atoms with Gasteiger partial charge in [0.2, 0.25) is 5.91 Å². The largest absolute Gasteiger partial charge is 0.490 e. The highest BCUT2D eigenvalue weighted by Crippen LogP contribution is 2.35. The lowest BCUT2D eigenvalue weighted by atomic mass is 9.93. The van der Waals surface area contributed by atoms with Gasteiger partial charge in [-0.05, 0) is 19.8 Å². The first-order valence-electron chi connectivity index (χ1n) is 6.15. The Morgan fingerprint density at radius 1 is 1.53 bits per heavy atom. The van der Waals surface area contributed by atoms with Crippen LogP contribution in [0.5, 0.6) is 5.75 Å². The fourth-order valence-electron chi connectivity index (χ4n) is 2.36. The number of hydrogen-bond donors (Lipinski definition) is 1. The van der Waals surface area contributed by atoms with Gasteiger partial charge < -0.3 is 15.4 Å². The minimum atomic E-state index is -0.281. The molecule has 1 aliphatic heterocycles. The molecule has 2 unspecified atom stereocenters. The molecular formula is C12H17ClN4O2. The molecule has 7 heteroatoms. The molecule has 6 nitrogen and oxygen atoms in total. The maximum atomic E-state index is 11.4. The van der Waals surface area contributed by atoms with E-state index < -0.39 is 0 Å². The van der Waals surface area contributed by atoms with Gasteiger partial charge in [-0.2, -0.15) is 0 Å². The van der Waals surface area contributed by atoms with Crippen LogP contribution in [0.2, 0.25) is 5.15 Å². The topological polar surface area (TPSA) is 81.3 Å². The van der Waals surface area contributed by atoms with E-state index in [1.54, 1.807) is 0 Å². The molecule has 1 fully saturated rings. The number of nitrogens with zero attached hydrogens (tertiary/aromatic N) is 3. The molecule has 0 aromatic carbocycles. The Labute approximate surface area is 116 Å². The van der Waals surface area contributed by atoms with Crippen molar-refractivity contribution >= 4 is 23.3 Å². The van der Waals surface area contributed by atoms with Crippen LogP contribution in [0.1, 0.15) is 19.8 Å². The lowest BCUT2D eigenvalue weighted by Crippen LogP contribution is -2.46. The third kappa shape index (κ3) is 2.73. The second-order valence-corrected chi connectivity index (χ2v) is 5.06. The van der Waals surface area contributed by atoms with E-state index in [0.717, 1.165) is 12.8 Å². The third-order valence-corrected chi connectivity index (χ3v) is 3.77. The zero-order valence-electron chi connectivity index (χ0n) is 11.0. The minimum Gasteiger partial charge on any atom is -0.490 e. The van der Waals surface area contributed by atoms with Crippen molar-refractivity contribution in [2.24, 2.45) is 11.7 Å². The van der Waals surface area contributed by atoms with Crippen LogP contribution in [-0.2, 0) is 4.79 Å². The predicted octanol–water partition coefficient (Wildman–Crippen LogP) is 1.23. The summed E-state index contributed by atoms with van der Waals surface area (Å²) in [6.07, 6.45) is 3.06. The molecule has 1 aromatic rings. The molecule has 0 spiro atoms. The van der Waals surface area contributed by atoms with Gasteiger partial charge >= 0.3 is 0 Å². The first-order chi connectivity index (χ1) is 9.04. The summed E-state index contributed by atoms with van der Waals surface area (Å²) in [5, 5.41) is 0.265. The van der Waals surface area contributed by atoms with Gasteiger partial charge in [-0.1, -0.05) is 11.6 Å². The Morgan fingerprint density at radius 2 is 2.26 bits per heavy atom. The number of rotatable bonds is 3. The van der Waals surface area contributed by atoms with Crippen LogP contribution < -0.4 is 15.4 Å². The summed E-state index contributed by atoms with van der Waals surface area (Å²) in [5.41, 5.74) is 5.40. The number of aromatic nitrogens is 2. The molecule has 1 saturated heterocycles. The van der Waals surface area contributed by atoms with Crippen molar-refractivity contribution in [3.63, 3.8) is 0 Å². The highest BCUT2D eigenvalue weighted by Gasteiger charge is 2.31. The highest BCUT2D eigenvalue weighted by atomic mass is 35.5. The van der Waals surface area contributed by atoms with E-state index in [9.17, 15) is 4.79 Å². The lowest BCUT2D eigenvalue weighted by molar-refractivity contribution is -0.122. The Hall–Kier alpha value is -1.56. The molecule has 1 aliphatic rings. The summed E-state index contributed by atoms with van der Waals surface area (Å²) >= 11 is 6.00. The Kier molecular flexibility index (Phi) is 4.09. The van der Waals surface area contributed by atoms with Crippen molar-refractivity contribution in [1.82, 2.24) is 9.97 Å². The van der Waals surface area contributed by atoms with Crippen LogP contribution in [0.15, 0.2) is 6.33 Å². The Balaban J connectivity index is 2.33. The van der Waals surface area contributed by atoms with Crippen LogP contribution in [0.3, 0.4) is 0 Å². The zero-order valence-corrected chi connectivity index (χ0v) is 11.7. The molecule has 2 heterocycles. The van der Waals surface area contributed by atoms with Crippen LogP contribution in [0.25, 0.3) is 0 Å². The number of hydrogen-bond acceptors (Lipinski definition) is 5. The molecule has 2 N–H and O–H groups in total. The van der Waals surface area contributed by atoms with E-state index in [0.29, 0.717) is 18.1 Å². The Morgan fingerprint density at radius 3 is 2.89 bits per heavy atom. The van der Waals surface area contributed by atoms with Gasteiger partial charge in [0.1, 0.15) is 6.33 Å². The highest BCUT2D eigenvalue weighted by molar-refractivity contribution is 6.31. The summed E-state index contributed by atoms with van der Waals surface area (Å²) in [6.45, 7) is 2.60. The molecule has 0 saturated carbocycles. The lowest BCUT2D eigenvalue weighted by Gasteiger charge is -2.38. The summed E-state index contributed by atoms with van der Waals surface area (Å²) in [5.74, 6) is 0.591. The van der Waals surface area contributed by atoms with Gasteiger partial charge in [-0.3, -0.25) is 4.79 Å². The fraction of sp³-hybridized carbons (Fsp3) is 0.583. The summed E-state index contributed by atoms with van der Waals surface area (Å²) < 4.78 is 5.26. The number of halogens is 1. The van der Waals surface area contributed by atoms with E-state index in [-0.39, 0.29) is 23.0 Å². The quantitative estimate of drug-likeness (QED) is 0.844. The third-order valence-electron chi connectivity index (χ3n) is 3.50. The van der Waals surface area contributed by atoms with Crippen LogP contribution in [0.4, 0.5) is 5.82 Å². The normalized spacial score (nSPS) is 23.2. The Bertz CT molecular complexity index is 483. The molecule has 2 atom stereocenters. The SMILES string of the molecule is COc1c(Cl)ncnc1N1CC(C(N)=O)CCC1C. The second-order valence-electron chi connectivity index (χ2n) is 4.70. The molecule has 19 heavy (non-hydrogen) atoms. The zero-order chi connectivity index (χ0) is 14.0. The summed E-state index contributed by atoms with van der Waals surface area (Å²) in [7, 11) is 1.52. The molecule has 1 aromatic heterocycles. The number of amides is 1. The van der Waals surface area contributed by atoms with Crippen LogP contribution in [-0.4, -0.2) is 35.6 Å². The second kappa shape index (κ2) is 5.61. The fourth-order valence-corrected chi connectivity index (χ4v) is 2.56. The van der Waals surface area contributed by atoms with Gasteiger partial charge in [0.15, 0.2) is 16.7 Å². The average molecular weight is 285 g/mol. The minimum absolute atomic E-state index is 0.172. The van der Waals surface area contributed by atoms with Gasteiger partial charge in [0.25, 0.3) is 0 Å². The van der Waals surface area contributed by atoms with Gasteiger partial charge in [0, 0.05) is 12.6 Å². The molecule has 0 bridgehead atoms. The van der Waals surface area contributed by atoms with Crippen molar-refractivity contribution in [3.05, 3.63) is 11.5 Å². The monoisotopic (exact) mass is 284 g/mol. The summed E-state index contributed by atoms with van der Waals surface area (Å²) in [4.78, 5) is 21.5. The van der Waals surface area contributed by atoms with E-state index in [1.165, 1.54) is 13.4 Å². The number of primary amides is 1. The number of nitrogens with two attached hydrogens (primary N) is 1. The maximum Gasteiger partial charge on any atom is 0.222 e.